The lowest BCUT2D eigenvalue weighted by Crippen LogP contribution is -2.32. The first-order valence-electron chi connectivity index (χ1n) is 4.79. The number of aliphatic hydroxyl groups is 1. The maximum absolute atomic E-state index is 9.75. The van der Waals surface area contributed by atoms with Crippen LogP contribution in [0.4, 0.5) is 5.82 Å². The van der Waals surface area contributed by atoms with Crippen molar-refractivity contribution in [1.29, 1.82) is 0 Å². The van der Waals surface area contributed by atoms with E-state index in [2.05, 4.69) is 15.3 Å². The third-order valence-electron chi connectivity index (χ3n) is 2.19. The van der Waals surface area contributed by atoms with Gasteiger partial charge in [-0.3, -0.25) is 0 Å². The Morgan fingerprint density at radius 1 is 1.57 bits per heavy atom. The molecule has 1 atom stereocenters. The van der Waals surface area contributed by atoms with E-state index in [4.69, 9.17) is 0 Å². The van der Waals surface area contributed by atoms with E-state index in [-0.39, 0.29) is 0 Å². The van der Waals surface area contributed by atoms with Crippen LogP contribution in [0.2, 0.25) is 0 Å². The van der Waals surface area contributed by atoms with Gasteiger partial charge in [0.15, 0.2) is 0 Å². The molecule has 0 bridgehead atoms. The highest BCUT2D eigenvalue weighted by atomic mass is 16.3. The molecule has 1 aromatic heterocycles. The monoisotopic (exact) mass is 195 g/mol. The van der Waals surface area contributed by atoms with Crippen LogP contribution >= 0.6 is 0 Å². The highest BCUT2D eigenvalue weighted by Gasteiger charge is 2.16. The van der Waals surface area contributed by atoms with E-state index in [1.54, 1.807) is 19.2 Å². The zero-order chi connectivity index (χ0) is 10.6. The fraction of sp³-hybridized carbons (Fsp3) is 0.600. The number of hydrogen-bond donors (Lipinski definition) is 2. The van der Waals surface area contributed by atoms with Crippen molar-refractivity contribution in [2.75, 3.05) is 11.9 Å². The van der Waals surface area contributed by atoms with Crippen molar-refractivity contribution in [2.45, 2.75) is 32.8 Å². The lowest BCUT2D eigenvalue weighted by molar-refractivity contribution is 0.0696. The first-order valence-corrected chi connectivity index (χ1v) is 4.79. The van der Waals surface area contributed by atoms with Gasteiger partial charge in [0.2, 0.25) is 0 Å². The second kappa shape index (κ2) is 4.37. The lowest BCUT2D eigenvalue weighted by Gasteiger charge is -2.21. The number of hydrogen-bond acceptors (Lipinski definition) is 4. The van der Waals surface area contributed by atoms with Gasteiger partial charge in [-0.1, -0.05) is 6.92 Å². The summed E-state index contributed by atoms with van der Waals surface area (Å²) >= 11 is 0. The van der Waals surface area contributed by atoms with E-state index in [0.717, 1.165) is 11.6 Å². The number of aromatic nitrogens is 2. The van der Waals surface area contributed by atoms with Crippen molar-refractivity contribution in [3.63, 3.8) is 0 Å². The Morgan fingerprint density at radius 2 is 2.29 bits per heavy atom. The van der Waals surface area contributed by atoms with E-state index in [1.165, 1.54) is 0 Å². The Balaban J connectivity index is 2.54. The second-order valence-corrected chi connectivity index (χ2v) is 3.69. The Hall–Kier alpha value is -1.16. The zero-order valence-electron chi connectivity index (χ0n) is 8.91. The average Bonchev–Trinajstić information content (AvgIpc) is 2.15. The van der Waals surface area contributed by atoms with Gasteiger partial charge in [-0.15, -0.1) is 0 Å². The molecule has 4 heteroatoms. The molecule has 0 amide bonds. The minimum Gasteiger partial charge on any atom is -0.388 e. The average molecular weight is 195 g/mol. The molecular formula is C10H17N3O. The van der Waals surface area contributed by atoms with E-state index < -0.39 is 5.60 Å². The second-order valence-electron chi connectivity index (χ2n) is 3.69. The molecule has 1 rings (SSSR count). The van der Waals surface area contributed by atoms with Crippen LogP contribution in [-0.4, -0.2) is 27.2 Å². The maximum atomic E-state index is 9.75. The van der Waals surface area contributed by atoms with Crippen LogP contribution in [-0.2, 0) is 0 Å². The summed E-state index contributed by atoms with van der Waals surface area (Å²) in [6.45, 7) is 6.09. The number of anilines is 1. The molecule has 0 aromatic carbocycles. The molecule has 1 aromatic rings. The van der Waals surface area contributed by atoms with Crippen molar-refractivity contribution < 1.29 is 5.11 Å². The summed E-state index contributed by atoms with van der Waals surface area (Å²) in [6.07, 6.45) is 2.41. The van der Waals surface area contributed by atoms with E-state index in [0.29, 0.717) is 13.0 Å². The molecule has 4 nitrogen and oxygen atoms in total. The molecule has 2 N–H and O–H groups in total. The smallest absolute Gasteiger partial charge is 0.129 e. The summed E-state index contributed by atoms with van der Waals surface area (Å²) in [5, 5.41) is 12.8. The first kappa shape index (κ1) is 10.9. The molecule has 1 unspecified atom stereocenters. The van der Waals surface area contributed by atoms with Crippen molar-refractivity contribution in [1.82, 2.24) is 9.97 Å². The molecule has 0 aliphatic rings. The van der Waals surface area contributed by atoms with Gasteiger partial charge in [-0.25, -0.2) is 9.97 Å². The summed E-state index contributed by atoms with van der Waals surface area (Å²) in [5.41, 5.74) is -0.682. The summed E-state index contributed by atoms with van der Waals surface area (Å²) in [5.74, 6) is 1.48. The lowest BCUT2D eigenvalue weighted by atomic mass is 10.0. The molecule has 0 aliphatic heterocycles. The highest BCUT2D eigenvalue weighted by molar-refractivity contribution is 5.33. The van der Waals surface area contributed by atoms with Crippen molar-refractivity contribution in [3.05, 3.63) is 18.1 Å². The summed E-state index contributed by atoms with van der Waals surface area (Å²) in [4.78, 5) is 8.17. The summed E-state index contributed by atoms with van der Waals surface area (Å²) < 4.78 is 0. The quantitative estimate of drug-likeness (QED) is 0.761. The third kappa shape index (κ3) is 3.30. The van der Waals surface area contributed by atoms with Crippen molar-refractivity contribution in [3.8, 4) is 0 Å². The molecule has 0 saturated carbocycles. The van der Waals surface area contributed by atoms with Gasteiger partial charge < -0.3 is 10.4 Å². The number of nitrogens with one attached hydrogen (secondary N) is 1. The predicted molar refractivity (Wildman–Crippen MR) is 56.2 cm³/mol. The van der Waals surface area contributed by atoms with Crippen molar-refractivity contribution in [2.24, 2.45) is 0 Å². The number of nitrogens with zero attached hydrogens (tertiary/aromatic N) is 2. The van der Waals surface area contributed by atoms with Gasteiger partial charge in [0, 0.05) is 12.7 Å². The van der Waals surface area contributed by atoms with Gasteiger partial charge in [-0.2, -0.15) is 0 Å². The zero-order valence-corrected chi connectivity index (χ0v) is 8.91. The molecular weight excluding hydrogens is 178 g/mol. The van der Waals surface area contributed by atoms with E-state index in [9.17, 15) is 5.11 Å². The van der Waals surface area contributed by atoms with Crippen LogP contribution in [0.3, 0.4) is 0 Å². The number of aryl methyl sites for hydroxylation is 1. The van der Waals surface area contributed by atoms with Gasteiger partial charge in [-0.05, 0) is 26.3 Å². The van der Waals surface area contributed by atoms with Crippen molar-refractivity contribution >= 4 is 5.82 Å². The van der Waals surface area contributed by atoms with Crippen LogP contribution in [0.25, 0.3) is 0 Å². The van der Waals surface area contributed by atoms with Crippen LogP contribution in [0.15, 0.2) is 12.3 Å². The standard InChI is InChI=1S/C10H17N3O/c1-4-10(3,14)7-12-9-5-6-11-8(2)13-9/h5-6,14H,4,7H2,1-3H3,(H,11,12,13). The Bertz CT molecular complexity index is 299. The molecule has 0 radical (unpaired) electrons. The van der Waals surface area contributed by atoms with Gasteiger partial charge >= 0.3 is 0 Å². The van der Waals surface area contributed by atoms with Gasteiger partial charge in [0.25, 0.3) is 0 Å². The highest BCUT2D eigenvalue weighted by Crippen LogP contribution is 2.10. The van der Waals surface area contributed by atoms with Gasteiger partial charge in [0.1, 0.15) is 11.6 Å². The minimum absolute atomic E-state index is 0.500. The minimum atomic E-state index is -0.682. The molecule has 14 heavy (non-hydrogen) atoms. The maximum Gasteiger partial charge on any atom is 0.129 e. The molecule has 0 saturated heterocycles. The molecule has 1 heterocycles. The normalized spacial score (nSPS) is 14.9. The fourth-order valence-corrected chi connectivity index (χ4v) is 0.961. The van der Waals surface area contributed by atoms with Crippen LogP contribution in [0, 0.1) is 6.92 Å². The van der Waals surface area contributed by atoms with Crippen LogP contribution in [0.5, 0.6) is 0 Å². The Morgan fingerprint density at radius 3 is 2.86 bits per heavy atom. The Kier molecular flexibility index (Phi) is 3.41. The summed E-state index contributed by atoms with van der Waals surface area (Å²) in [7, 11) is 0. The molecule has 78 valence electrons. The number of rotatable bonds is 4. The Labute approximate surface area is 84.4 Å². The molecule has 0 aliphatic carbocycles. The SMILES string of the molecule is CCC(C)(O)CNc1ccnc(C)n1. The van der Waals surface area contributed by atoms with Crippen LogP contribution in [0.1, 0.15) is 26.1 Å². The third-order valence-corrected chi connectivity index (χ3v) is 2.19. The van der Waals surface area contributed by atoms with Gasteiger partial charge in [0.05, 0.1) is 5.60 Å². The van der Waals surface area contributed by atoms with E-state index >= 15 is 0 Å². The summed E-state index contributed by atoms with van der Waals surface area (Å²) in [6, 6.07) is 1.79. The fourth-order valence-electron chi connectivity index (χ4n) is 0.961. The topological polar surface area (TPSA) is 58.0 Å². The first-order chi connectivity index (χ1) is 6.53. The predicted octanol–water partition coefficient (Wildman–Crippen LogP) is 1.36. The molecule has 0 spiro atoms. The molecule has 0 fully saturated rings. The largest absolute Gasteiger partial charge is 0.388 e. The van der Waals surface area contributed by atoms with Crippen LogP contribution < -0.4 is 5.32 Å². The van der Waals surface area contributed by atoms with E-state index in [1.807, 2.05) is 13.8 Å².